The Bertz CT molecular complexity index is 1070. The highest BCUT2D eigenvalue weighted by Gasteiger charge is 2.34. The second-order valence-corrected chi connectivity index (χ2v) is 7.95. The van der Waals surface area contributed by atoms with Crippen molar-refractivity contribution < 1.29 is 23.9 Å². The van der Waals surface area contributed by atoms with E-state index in [-0.39, 0.29) is 32.2 Å². The molecular formula is C23H24ClN3O5. The summed E-state index contributed by atoms with van der Waals surface area (Å²) >= 11 is 6.17. The van der Waals surface area contributed by atoms with E-state index in [1.165, 1.54) is 16.9 Å². The van der Waals surface area contributed by atoms with Crippen LogP contribution in [0.5, 0.6) is 0 Å². The van der Waals surface area contributed by atoms with Gasteiger partial charge in [0.15, 0.2) is 0 Å². The maximum absolute atomic E-state index is 13.0. The summed E-state index contributed by atoms with van der Waals surface area (Å²) in [7, 11) is 1.21. The highest BCUT2D eigenvalue weighted by Crippen LogP contribution is 2.28. The van der Waals surface area contributed by atoms with Crippen LogP contribution in [0.15, 0.2) is 42.5 Å². The molecular weight excluding hydrogens is 434 g/mol. The van der Waals surface area contributed by atoms with Crippen LogP contribution in [0.2, 0.25) is 5.02 Å². The number of esters is 1. The highest BCUT2D eigenvalue weighted by molar-refractivity contribution is 6.31. The molecule has 1 aliphatic heterocycles. The van der Waals surface area contributed by atoms with Gasteiger partial charge in [0.25, 0.3) is 5.91 Å². The summed E-state index contributed by atoms with van der Waals surface area (Å²) in [5.41, 5.74) is 2.59. The molecule has 1 heterocycles. The van der Waals surface area contributed by atoms with E-state index in [0.29, 0.717) is 16.3 Å². The maximum Gasteiger partial charge on any atom is 0.325 e. The van der Waals surface area contributed by atoms with Crippen molar-refractivity contribution in [1.29, 1.82) is 0 Å². The lowest BCUT2D eigenvalue weighted by Gasteiger charge is -2.25. The maximum atomic E-state index is 13.0. The molecule has 0 radical (unpaired) electrons. The van der Waals surface area contributed by atoms with Gasteiger partial charge in [0.05, 0.1) is 7.11 Å². The molecule has 3 rings (SSSR count). The quantitative estimate of drug-likeness (QED) is 0.622. The van der Waals surface area contributed by atoms with E-state index >= 15 is 0 Å². The van der Waals surface area contributed by atoms with Crippen LogP contribution in [0, 0.1) is 13.8 Å². The van der Waals surface area contributed by atoms with Crippen LogP contribution in [0.4, 0.5) is 5.69 Å². The van der Waals surface area contributed by atoms with Crippen molar-refractivity contribution in [2.45, 2.75) is 13.8 Å². The first-order chi connectivity index (χ1) is 15.2. The predicted octanol–water partition coefficient (Wildman–Crippen LogP) is 2.40. The fourth-order valence-electron chi connectivity index (χ4n) is 3.46. The molecule has 3 amide bonds. The average molecular weight is 458 g/mol. The van der Waals surface area contributed by atoms with Gasteiger partial charge < -0.3 is 14.5 Å². The first-order valence-electron chi connectivity index (χ1n) is 9.97. The Labute approximate surface area is 191 Å². The third kappa shape index (κ3) is 5.08. The molecule has 8 nitrogen and oxygen atoms in total. The van der Waals surface area contributed by atoms with Crippen LogP contribution in [0.3, 0.4) is 0 Å². The molecule has 168 valence electrons. The van der Waals surface area contributed by atoms with Gasteiger partial charge in [-0.3, -0.25) is 24.1 Å². The minimum absolute atomic E-state index is 0.0313. The standard InChI is InChI=1S/C23H24ClN3O5/c1-15-6-4-7-17(10-15)23(31)25(13-22(30)32-3)11-20(28)26-12-21(29)27(14-26)19-9-5-8-18(24)16(19)2/h4-10H,11-14H2,1-3H3. The number of nitrogens with zero attached hydrogens (tertiary/aromatic N) is 3. The Morgan fingerprint density at radius 1 is 1.09 bits per heavy atom. The summed E-state index contributed by atoms with van der Waals surface area (Å²) in [6.45, 7) is 2.80. The van der Waals surface area contributed by atoms with Crippen LogP contribution in [-0.2, 0) is 19.1 Å². The van der Waals surface area contributed by atoms with Gasteiger partial charge in [-0.2, -0.15) is 0 Å². The van der Waals surface area contributed by atoms with Crippen LogP contribution >= 0.6 is 11.6 Å². The van der Waals surface area contributed by atoms with E-state index in [0.717, 1.165) is 16.0 Å². The van der Waals surface area contributed by atoms with Crippen molar-refractivity contribution in [2.75, 3.05) is 38.3 Å². The monoisotopic (exact) mass is 457 g/mol. The first kappa shape index (κ1) is 23.3. The summed E-state index contributed by atoms with van der Waals surface area (Å²) in [6, 6.07) is 12.1. The summed E-state index contributed by atoms with van der Waals surface area (Å²) in [5.74, 6) is -1.83. The third-order valence-corrected chi connectivity index (χ3v) is 5.66. The molecule has 32 heavy (non-hydrogen) atoms. The number of anilines is 1. The second-order valence-electron chi connectivity index (χ2n) is 7.55. The molecule has 0 saturated carbocycles. The number of amides is 3. The lowest BCUT2D eigenvalue weighted by molar-refractivity contribution is -0.142. The number of carbonyl (C=O) groups is 4. The smallest absolute Gasteiger partial charge is 0.325 e. The number of aryl methyl sites for hydroxylation is 1. The molecule has 1 aliphatic rings. The van der Waals surface area contributed by atoms with Crippen LogP contribution in [0.1, 0.15) is 21.5 Å². The molecule has 9 heteroatoms. The molecule has 2 aromatic rings. The van der Waals surface area contributed by atoms with Gasteiger partial charge in [0.1, 0.15) is 26.3 Å². The van der Waals surface area contributed by atoms with Crippen molar-refractivity contribution in [3.8, 4) is 0 Å². The van der Waals surface area contributed by atoms with Crippen molar-refractivity contribution in [2.24, 2.45) is 0 Å². The number of hydrogen-bond acceptors (Lipinski definition) is 5. The molecule has 0 aliphatic carbocycles. The fraction of sp³-hybridized carbons (Fsp3) is 0.304. The van der Waals surface area contributed by atoms with Gasteiger partial charge in [0, 0.05) is 16.3 Å². The van der Waals surface area contributed by atoms with Crippen LogP contribution < -0.4 is 4.90 Å². The zero-order valence-electron chi connectivity index (χ0n) is 18.1. The number of halogens is 1. The summed E-state index contributed by atoms with van der Waals surface area (Å²) < 4.78 is 4.68. The minimum atomic E-state index is -0.646. The number of ether oxygens (including phenoxy) is 1. The molecule has 0 unspecified atom stereocenters. The number of benzene rings is 2. The lowest BCUT2D eigenvalue weighted by atomic mass is 10.1. The van der Waals surface area contributed by atoms with Crippen LogP contribution in [-0.4, -0.2) is 66.9 Å². The highest BCUT2D eigenvalue weighted by atomic mass is 35.5. The summed E-state index contributed by atoms with van der Waals surface area (Å²) in [4.78, 5) is 54.4. The van der Waals surface area contributed by atoms with Gasteiger partial charge in [-0.05, 0) is 43.7 Å². The lowest BCUT2D eigenvalue weighted by Crippen LogP contribution is -2.45. The zero-order valence-corrected chi connectivity index (χ0v) is 18.9. The topological polar surface area (TPSA) is 87.2 Å². The third-order valence-electron chi connectivity index (χ3n) is 5.25. The average Bonchev–Trinajstić information content (AvgIpc) is 3.16. The van der Waals surface area contributed by atoms with E-state index in [2.05, 4.69) is 4.74 Å². The second kappa shape index (κ2) is 9.82. The minimum Gasteiger partial charge on any atom is -0.468 e. The molecule has 0 spiro atoms. The summed E-state index contributed by atoms with van der Waals surface area (Å²) in [6.07, 6.45) is 0. The Morgan fingerprint density at radius 2 is 1.81 bits per heavy atom. The molecule has 1 fully saturated rings. The van der Waals surface area contributed by atoms with E-state index in [4.69, 9.17) is 11.6 Å². The van der Waals surface area contributed by atoms with E-state index in [1.807, 2.05) is 13.0 Å². The fourth-order valence-corrected chi connectivity index (χ4v) is 3.63. The largest absolute Gasteiger partial charge is 0.468 e. The van der Waals surface area contributed by atoms with Crippen LogP contribution in [0.25, 0.3) is 0 Å². The van der Waals surface area contributed by atoms with Crippen molar-refractivity contribution in [3.05, 3.63) is 64.2 Å². The molecule has 0 bridgehead atoms. The summed E-state index contributed by atoms with van der Waals surface area (Å²) in [5, 5.41) is 0.521. The van der Waals surface area contributed by atoms with Crippen molar-refractivity contribution >= 4 is 41.0 Å². The number of rotatable bonds is 6. The van der Waals surface area contributed by atoms with E-state index in [9.17, 15) is 19.2 Å². The molecule has 1 saturated heterocycles. The van der Waals surface area contributed by atoms with Crippen molar-refractivity contribution in [3.63, 3.8) is 0 Å². The molecule has 2 aromatic carbocycles. The van der Waals surface area contributed by atoms with Gasteiger partial charge in [-0.15, -0.1) is 0 Å². The van der Waals surface area contributed by atoms with Gasteiger partial charge in [-0.1, -0.05) is 35.4 Å². The predicted molar refractivity (Wildman–Crippen MR) is 119 cm³/mol. The number of carbonyl (C=O) groups excluding carboxylic acids is 4. The van der Waals surface area contributed by atoms with Crippen molar-refractivity contribution in [1.82, 2.24) is 9.80 Å². The van der Waals surface area contributed by atoms with E-state index < -0.39 is 17.8 Å². The zero-order chi connectivity index (χ0) is 23.4. The van der Waals surface area contributed by atoms with E-state index in [1.54, 1.807) is 43.3 Å². The normalized spacial score (nSPS) is 13.3. The SMILES string of the molecule is COC(=O)CN(CC(=O)N1CC(=O)N(c2cccc(Cl)c2C)C1)C(=O)c1cccc(C)c1. The molecule has 0 N–H and O–H groups in total. The Morgan fingerprint density at radius 3 is 2.50 bits per heavy atom. The number of methoxy groups -OCH3 is 1. The van der Waals surface area contributed by atoms with Gasteiger partial charge in [-0.25, -0.2) is 0 Å². The van der Waals surface area contributed by atoms with Gasteiger partial charge >= 0.3 is 5.97 Å². The number of hydrogen-bond donors (Lipinski definition) is 0. The first-order valence-corrected chi connectivity index (χ1v) is 10.3. The Balaban J connectivity index is 1.77. The van der Waals surface area contributed by atoms with Gasteiger partial charge in [0.2, 0.25) is 11.8 Å². The Kier molecular flexibility index (Phi) is 7.15. The molecule has 0 atom stereocenters. The Hall–Kier alpha value is -3.39. The molecule has 0 aromatic heterocycles.